The molecular formula is C6H13NO. The maximum Gasteiger partial charge on any atom is 0.0263 e. The molecule has 1 N–H and O–H groups in total. The lowest BCUT2D eigenvalue weighted by molar-refractivity contribution is -0.115. The number of nitrogens with zero attached hydrogens (tertiary/aromatic N) is 1. The van der Waals surface area contributed by atoms with Crippen LogP contribution in [0.5, 0.6) is 0 Å². The molecule has 1 fully saturated rings. The molecule has 48 valence electrons. The lowest BCUT2D eigenvalue weighted by atomic mass is 10.0. The monoisotopic (exact) mass is 115 g/mol. The summed E-state index contributed by atoms with van der Waals surface area (Å²) in [5.74, 6) is 0.689. The van der Waals surface area contributed by atoms with Gasteiger partial charge in [-0.15, -0.1) is 0 Å². The molecule has 0 amide bonds. The fraction of sp³-hybridized carbons (Fsp3) is 1.00. The van der Waals surface area contributed by atoms with Crippen molar-refractivity contribution in [2.45, 2.75) is 19.8 Å². The van der Waals surface area contributed by atoms with Crippen molar-refractivity contribution < 1.29 is 5.21 Å². The Bertz CT molecular complexity index is 66.9. The van der Waals surface area contributed by atoms with E-state index in [9.17, 15) is 0 Å². The van der Waals surface area contributed by atoms with Crippen molar-refractivity contribution >= 4 is 0 Å². The molecule has 0 aromatic rings. The van der Waals surface area contributed by atoms with E-state index in [2.05, 4.69) is 6.92 Å². The van der Waals surface area contributed by atoms with Gasteiger partial charge in [0.25, 0.3) is 0 Å². The highest BCUT2D eigenvalue weighted by atomic mass is 16.5. The van der Waals surface area contributed by atoms with Crippen LogP contribution in [0.2, 0.25) is 0 Å². The van der Waals surface area contributed by atoms with Crippen LogP contribution in [0.15, 0.2) is 0 Å². The predicted octanol–water partition coefficient (Wildman–Crippen LogP) is 1.11. The van der Waals surface area contributed by atoms with Crippen LogP contribution in [0.4, 0.5) is 0 Å². The summed E-state index contributed by atoms with van der Waals surface area (Å²) in [6, 6.07) is 0. The first-order valence-electron chi connectivity index (χ1n) is 3.23. The number of hydrogen-bond donors (Lipinski definition) is 1. The average Bonchev–Trinajstić information content (AvgIpc) is 1.64. The SMILES string of the molecule is C[C@H]1CCCN(O)C1. The Balaban J connectivity index is 2.23. The van der Waals surface area contributed by atoms with Crippen molar-refractivity contribution in [2.75, 3.05) is 13.1 Å². The van der Waals surface area contributed by atoms with Crippen molar-refractivity contribution in [1.29, 1.82) is 0 Å². The minimum atomic E-state index is 0.689. The van der Waals surface area contributed by atoms with Crippen LogP contribution < -0.4 is 0 Å². The molecule has 2 nitrogen and oxygen atoms in total. The second-order valence-electron chi connectivity index (χ2n) is 2.66. The third-order valence-electron chi connectivity index (χ3n) is 1.64. The van der Waals surface area contributed by atoms with E-state index < -0.39 is 0 Å². The molecule has 0 bridgehead atoms. The van der Waals surface area contributed by atoms with Crippen molar-refractivity contribution in [3.05, 3.63) is 0 Å². The summed E-state index contributed by atoms with van der Waals surface area (Å²) in [5, 5.41) is 10.3. The molecule has 0 aromatic carbocycles. The Hall–Kier alpha value is -0.0800. The minimum absolute atomic E-state index is 0.689. The van der Waals surface area contributed by atoms with Gasteiger partial charge in [-0.2, -0.15) is 5.06 Å². The van der Waals surface area contributed by atoms with Gasteiger partial charge in [-0.25, -0.2) is 0 Å². The Morgan fingerprint density at radius 2 is 2.38 bits per heavy atom. The molecule has 0 saturated carbocycles. The second-order valence-corrected chi connectivity index (χ2v) is 2.66. The van der Waals surface area contributed by atoms with Gasteiger partial charge in [-0.05, 0) is 18.8 Å². The van der Waals surface area contributed by atoms with E-state index >= 15 is 0 Å². The normalized spacial score (nSPS) is 33.0. The molecular weight excluding hydrogens is 102 g/mol. The summed E-state index contributed by atoms with van der Waals surface area (Å²) in [5.41, 5.74) is 0. The van der Waals surface area contributed by atoms with Crippen LogP contribution in [-0.2, 0) is 0 Å². The van der Waals surface area contributed by atoms with Crippen molar-refractivity contribution in [2.24, 2.45) is 5.92 Å². The molecule has 0 aliphatic carbocycles. The van der Waals surface area contributed by atoms with E-state index in [1.165, 1.54) is 11.5 Å². The second kappa shape index (κ2) is 2.46. The van der Waals surface area contributed by atoms with Gasteiger partial charge >= 0.3 is 0 Å². The molecule has 1 atom stereocenters. The van der Waals surface area contributed by atoms with E-state index in [-0.39, 0.29) is 0 Å². The zero-order valence-corrected chi connectivity index (χ0v) is 5.30. The predicted molar refractivity (Wildman–Crippen MR) is 31.8 cm³/mol. The Morgan fingerprint density at radius 3 is 2.75 bits per heavy atom. The maximum atomic E-state index is 8.91. The third-order valence-corrected chi connectivity index (χ3v) is 1.64. The van der Waals surface area contributed by atoms with Gasteiger partial charge in [0, 0.05) is 13.1 Å². The van der Waals surface area contributed by atoms with Gasteiger partial charge in [-0.3, -0.25) is 0 Å². The van der Waals surface area contributed by atoms with E-state index in [4.69, 9.17) is 5.21 Å². The van der Waals surface area contributed by atoms with Gasteiger partial charge in [0.2, 0.25) is 0 Å². The summed E-state index contributed by atoms with van der Waals surface area (Å²) in [6.07, 6.45) is 2.43. The van der Waals surface area contributed by atoms with Crippen molar-refractivity contribution in [3.8, 4) is 0 Å². The van der Waals surface area contributed by atoms with Gasteiger partial charge < -0.3 is 5.21 Å². The van der Waals surface area contributed by atoms with Crippen LogP contribution in [-0.4, -0.2) is 23.4 Å². The number of rotatable bonds is 0. The van der Waals surface area contributed by atoms with Crippen molar-refractivity contribution in [1.82, 2.24) is 5.06 Å². The molecule has 8 heavy (non-hydrogen) atoms. The van der Waals surface area contributed by atoms with Crippen LogP contribution >= 0.6 is 0 Å². The molecule has 0 unspecified atom stereocenters. The number of hydroxylamine groups is 2. The summed E-state index contributed by atoms with van der Waals surface area (Å²) >= 11 is 0. The molecule has 0 aromatic heterocycles. The number of piperidine rings is 1. The average molecular weight is 115 g/mol. The highest BCUT2D eigenvalue weighted by Gasteiger charge is 2.12. The Morgan fingerprint density at radius 1 is 1.62 bits per heavy atom. The highest BCUT2D eigenvalue weighted by molar-refractivity contribution is 4.62. The lowest BCUT2D eigenvalue weighted by Gasteiger charge is -2.24. The fourth-order valence-corrected chi connectivity index (χ4v) is 1.16. The topological polar surface area (TPSA) is 23.5 Å². The summed E-state index contributed by atoms with van der Waals surface area (Å²) in [7, 11) is 0. The summed E-state index contributed by atoms with van der Waals surface area (Å²) < 4.78 is 0. The summed E-state index contributed by atoms with van der Waals surface area (Å²) in [6.45, 7) is 3.90. The zero-order chi connectivity index (χ0) is 5.98. The van der Waals surface area contributed by atoms with Crippen LogP contribution in [0.25, 0.3) is 0 Å². The third kappa shape index (κ3) is 1.46. The highest BCUT2D eigenvalue weighted by Crippen LogP contribution is 2.12. The smallest absolute Gasteiger partial charge is 0.0263 e. The van der Waals surface area contributed by atoms with Gasteiger partial charge in [0.15, 0.2) is 0 Å². The van der Waals surface area contributed by atoms with E-state index in [0.29, 0.717) is 5.92 Å². The van der Waals surface area contributed by atoms with Crippen LogP contribution in [0.3, 0.4) is 0 Å². The Labute approximate surface area is 50.1 Å². The Kier molecular flexibility index (Phi) is 1.86. The van der Waals surface area contributed by atoms with Crippen LogP contribution in [0, 0.1) is 5.92 Å². The first-order valence-corrected chi connectivity index (χ1v) is 3.23. The molecule has 1 aliphatic rings. The first kappa shape index (κ1) is 6.05. The van der Waals surface area contributed by atoms with Gasteiger partial charge in [-0.1, -0.05) is 6.92 Å². The first-order chi connectivity index (χ1) is 3.79. The quantitative estimate of drug-likeness (QED) is 0.511. The number of hydrogen-bond acceptors (Lipinski definition) is 2. The molecule has 1 aliphatic heterocycles. The van der Waals surface area contributed by atoms with Gasteiger partial charge in [0.05, 0.1) is 0 Å². The molecule has 0 spiro atoms. The summed E-state index contributed by atoms with van der Waals surface area (Å²) in [4.78, 5) is 0. The molecule has 1 heterocycles. The van der Waals surface area contributed by atoms with E-state index in [0.717, 1.165) is 19.5 Å². The fourth-order valence-electron chi connectivity index (χ4n) is 1.16. The maximum absolute atomic E-state index is 8.91. The minimum Gasteiger partial charge on any atom is -0.314 e. The van der Waals surface area contributed by atoms with Crippen molar-refractivity contribution in [3.63, 3.8) is 0 Å². The van der Waals surface area contributed by atoms with E-state index in [1.54, 1.807) is 0 Å². The molecule has 1 saturated heterocycles. The van der Waals surface area contributed by atoms with E-state index in [1.807, 2.05) is 0 Å². The van der Waals surface area contributed by atoms with Gasteiger partial charge in [0.1, 0.15) is 0 Å². The molecule has 0 radical (unpaired) electrons. The molecule has 1 rings (SSSR count). The standard InChI is InChI=1S/C6H13NO/c1-6-3-2-4-7(8)5-6/h6,8H,2-5H2,1H3/t6-/m0/s1. The van der Waals surface area contributed by atoms with Crippen LogP contribution in [0.1, 0.15) is 19.8 Å². The zero-order valence-electron chi connectivity index (χ0n) is 5.30. The lowest BCUT2D eigenvalue weighted by Crippen LogP contribution is -2.30. The largest absolute Gasteiger partial charge is 0.314 e. The molecule has 2 heteroatoms.